The number of thioether (sulfide) groups is 1. The topological polar surface area (TPSA) is 123 Å². The fraction of sp³-hybridized carbons (Fsp3) is 0.476. The second kappa shape index (κ2) is 12.0. The number of benzene rings is 1. The zero-order valence-corrected chi connectivity index (χ0v) is 19.8. The van der Waals surface area contributed by atoms with Gasteiger partial charge in [-0.3, -0.25) is 19.7 Å². The Kier molecular flexibility index (Phi) is 9.67. The minimum absolute atomic E-state index is 0. The molecule has 0 saturated carbocycles. The van der Waals surface area contributed by atoms with E-state index in [2.05, 4.69) is 15.5 Å². The van der Waals surface area contributed by atoms with Crippen molar-refractivity contribution in [1.29, 1.82) is 0 Å². The number of amides is 3. The van der Waals surface area contributed by atoms with Gasteiger partial charge in [-0.2, -0.15) is 0 Å². The van der Waals surface area contributed by atoms with Crippen LogP contribution < -0.4 is 30.7 Å². The molecule has 2 fully saturated rings. The highest BCUT2D eigenvalue weighted by atomic mass is 35.5. The number of rotatable bonds is 9. The summed E-state index contributed by atoms with van der Waals surface area (Å²) in [5.74, 6) is 0.706. The monoisotopic (exact) mass is 484 g/mol. The van der Waals surface area contributed by atoms with Gasteiger partial charge in [0, 0.05) is 42.9 Å². The first kappa shape index (κ1) is 25.8. The van der Waals surface area contributed by atoms with Gasteiger partial charge in [0.15, 0.2) is 11.5 Å². The highest BCUT2D eigenvalue weighted by Gasteiger charge is 2.29. The second-order valence-corrected chi connectivity index (χ2v) is 8.38. The Morgan fingerprint density at radius 1 is 1.28 bits per heavy atom. The van der Waals surface area contributed by atoms with E-state index in [4.69, 9.17) is 15.2 Å². The summed E-state index contributed by atoms with van der Waals surface area (Å²) in [5, 5.41) is 4.97. The fourth-order valence-electron chi connectivity index (χ4n) is 3.66. The second-order valence-electron chi connectivity index (χ2n) is 7.36. The first-order valence-electron chi connectivity index (χ1n) is 10.2. The van der Waals surface area contributed by atoms with Crippen LogP contribution in [0, 0.1) is 0 Å². The molecule has 2 saturated heterocycles. The molecule has 4 N–H and O–H groups in total. The third kappa shape index (κ3) is 6.30. The molecule has 1 aromatic rings. The molecule has 0 spiro atoms. The summed E-state index contributed by atoms with van der Waals surface area (Å²) in [7, 11) is 3.11. The van der Waals surface area contributed by atoms with Crippen LogP contribution in [0.15, 0.2) is 17.0 Å². The molecule has 2 heterocycles. The molecule has 1 aromatic carbocycles. The SMILES string of the molecule is COc1cc(C=C2SC(=O)NC2=O)c(N2CC[C@H](NC(=O)CCCCN)C2)cc1OC.Cl. The van der Waals surface area contributed by atoms with E-state index in [1.807, 2.05) is 6.07 Å². The zero-order valence-electron chi connectivity index (χ0n) is 18.1. The van der Waals surface area contributed by atoms with Crippen LogP contribution >= 0.6 is 24.2 Å². The highest BCUT2D eigenvalue weighted by Crippen LogP contribution is 2.39. The van der Waals surface area contributed by atoms with Gasteiger partial charge in [0.25, 0.3) is 11.1 Å². The van der Waals surface area contributed by atoms with Gasteiger partial charge < -0.3 is 25.4 Å². The molecule has 0 aliphatic carbocycles. The minimum atomic E-state index is -0.417. The molecule has 176 valence electrons. The number of unbranched alkanes of at least 4 members (excludes halogenated alkanes) is 1. The largest absolute Gasteiger partial charge is 0.493 e. The van der Waals surface area contributed by atoms with Gasteiger partial charge in [0.2, 0.25) is 5.91 Å². The van der Waals surface area contributed by atoms with Gasteiger partial charge >= 0.3 is 0 Å². The average Bonchev–Trinajstić information content (AvgIpc) is 3.33. The standard InChI is InChI=1S/C21H28N4O5S.ClH/c1-29-16-9-13(10-18-20(27)24-21(28)31-18)15(11-17(16)30-2)25-8-6-14(12-25)23-19(26)5-3-4-7-22;/h9-11,14H,3-8,12,22H2,1-2H3,(H,23,26)(H,24,27,28);1H/t14-;/m0./s1. The quantitative estimate of drug-likeness (QED) is 0.360. The molecule has 0 unspecified atom stereocenters. The smallest absolute Gasteiger partial charge is 0.290 e. The van der Waals surface area contributed by atoms with E-state index in [1.54, 1.807) is 26.4 Å². The Morgan fingerprint density at radius 3 is 2.62 bits per heavy atom. The summed E-state index contributed by atoms with van der Waals surface area (Å²) >= 11 is 0.867. The molecular formula is C21H29ClN4O5S. The Hall–Kier alpha value is -2.43. The van der Waals surface area contributed by atoms with Gasteiger partial charge in [0.05, 0.1) is 19.1 Å². The molecular weight excluding hydrogens is 456 g/mol. The lowest BCUT2D eigenvalue weighted by Crippen LogP contribution is -2.37. The molecule has 9 nitrogen and oxygen atoms in total. The number of carbonyl (C=O) groups is 3. The number of methoxy groups -OCH3 is 2. The fourth-order valence-corrected chi connectivity index (χ4v) is 4.34. The van der Waals surface area contributed by atoms with E-state index < -0.39 is 11.1 Å². The van der Waals surface area contributed by atoms with E-state index in [0.29, 0.717) is 35.9 Å². The Labute approximate surface area is 197 Å². The van der Waals surface area contributed by atoms with Gasteiger partial charge in [-0.05, 0) is 49.7 Å². The zero-order chi connectivity index (χ0) is 22.4. The van der Waals surface area contributed by atoms with Crippen LogP contribution in [0.4, 0.5) is 10.5 Å². The molecule has 3 amide bonds. The van der Waals surface area contributed by atoms with Crippen molar-refractivity contribution in [2.45, 2.75) is 31.7 Å². The minimum Gasteiger partial charge on any atom is -0.493 e. The Bertz CT molecular complexity index is 895. The van der Waals surface area contributed by atoms with E-state index in [9.17, 15) is 14.4 Å². The predicted octanol–water partition coefficient (Wildman–Crippen LogP) is 2.27. The van der Waals surface area contributed by atoms with Crippen molar-refractivity contribution < 1.29 is 23.9 Å². The molecule has 0 bridgehead atoms. The van der Waals surface area contributed by atoms with Crippen molar-refractivity contribution in [2.24, 2.45) is 5.73 Å². The van der Waals surface area contributed by atoms with Crippen LogP contribution in [0.1, 0.15) is 31.2 Å². The lowest BCUT2D eigenvalue weighted by molar-refractivity contribution is -0.121. The summed E-state index contributed by atoms with van der Waals surface area (Å²) in [6.45, 7) is 1.95. The number of hydrogen-bond donors (Lipinski definition) is 3. The summed E-state index contributed by atoms with van der Waals surface area (Å²) in [6.07, 6.45) is 4.58. The van der Waals surface area contributed by atoms with Gasteiger partial charge in [0.1, 0.15) is 0 Å². The number of nitrogens with zero attached hydrogens (tertiary/aromatic N) is 1. The number of nitrogens with two attached hydrogens (primary N) is 1. The summed E-state index contributed by atoms with van der Waals surface area (Å²) in [6, 6.07) is 3.68. The number of hydrogen-bond acceptors (Lipinski definition) is 8. The molecule has 0 aromatic heterocycles. The van der Waals surface area contributed by atoms with E-state index in [-0.39, 0.29) is 24.4 Å². The maximum Gasteiger partial charge on any atom is 0.290 e. The van der Waals surface area contributed by atoms with Crippen molar-refractivity contribution in [3.05, 3.63) is 22.6 Å². The highest BCUT2D eigenvalue weighted by molar-refractivity contribution is 8.18. The van der Waals surface area contributed by atoms with Gasteiger partial charge in [-0.15, -0.1) is 12.4 Å². The molecule has 1 atom stereocenters. The van der Waals surface area contributed by atoms with Crippen molar-refractivity contribution >= 4 is 53.0 Å². The van der Waals surface area contributed by atoms with Crippen molar-refractivity contribution in [3.8, 4) is 11.5 Å². The molecule has 32 heavy (non-hydrogen) atoms. The molecule has 2 aliphatic rings. The van der Waals surface area contributed by atoms with Crippen molar-refractivity contribution in [1.82, 2.24) is 10.6 Å². The van der Waals surface area contributed by atoms with Crippen LogP contribution in [0.25, 0.3) is 6.08 Å². The number of ether oxygens (including phenoxy) is 2. The van der Waals surface area contributed by atoms with Crippen LogP contribution in [0.3, 0.4) is 0 Å². The number of imide groups is 1. The number of halogens is 1. The van der Waals surface area contributed by atoms with E-state index >= 15 is 0 Å². The van der Waals surface area contributed by atoms with E-state index in [0.717, 1.165) is 48.8 Å². The van der Waals surface area contributed by atoms with Crippen LogP contribution in [0.5, 0.6) is 11.5 Å². The predicted molar refractivity (Wildman–Crippen MR) is 128 cm³/mol. The normalized spacial score (nSPS) is 19.0. The number of nitrogens with one attached hydrogen (secondary N) is 2. The van der Waals surface area contributed by atoms with Gasteiger partial charge in [-0.1, -0.05) is 0 Å². The third-order valence-corrected chi connectivity index (χ3v) is 6.02. The van der Waals surface area contributed by atoms with Crippen LogP contribution in [-0.4, -0.2) is 56.9 Å². The summed E-state index contributed by atoms with van der Waals surface area (Å²) in [4.78, 5) is 38.2. The summed E-state index contributed by atoms with van der Waals surface area (Å²) in [5.41, 5.74) is 7.07. The average molecular weight is 485 g/mol. The van der Waals surface area contributed by atoms with Crippen LogP contribution in [0.2, 0.25) is 0 Å². The lowest BCUT2D eigenvalue weighted by atomic mass is 10.1. The molecule has 11 heteroatoms. The van der Waals surface area contributed by atoms with E-state index in [1.165, 1.54) is 0 Å². The number of carbonyl (C=O) groups excluding carboxylic acids is 3. The number of anilines is 1. The maximum atomic E-state index is 12.2. The molecule has 0 radical (unpaired) electrons. The molecule has 3 rings (SSSR count). The van der Waals surface area contributed by atoms with Crippen molar-refractivity contribution in [3.63, 3.8) is 0 Å². The van der Waals surface area contributed by atoms with Gasteiger partial charge in [-0.25, -0.2) is 0 Å². The van der Waals surface area contributed by atoms with Crippen LogP contribution in [-0.2, 0) is 9.59 Å². The Morgan fingerprint density at radius 2 is 2.00 bits per heavy atom. The molecule has 2 aliphatic heterocycles. The summed E-state index contributed by atoms with van der Waals surface area (Å²) < 4.78 is 10.9. The first-order valence-corrected chi connectivity index (χ1v) is 11.0. The maximum absolute atomic E-state index is 12.2. The third-order valence-electron chi connectivity index (χ3n) is 5.21. The van der Waals surface area contributed by atoms with Crippen molar-refractivity contribution in [2.75, 3.05) is 38.8 Å². The lowest BCUT2D eigenvalue weighted by Gasteiger charge is -2.23. The Balaban J connectivity index is 0.00000363. The first-order chi connectivity index (χ1) is 14.9.